The first kappa shape index (κ1) is 53.9. The van der Waals surface area contributed by atoms with Crippen molar-refractivity contribution in [2.45, 2.75) is 237 Å². The molecule has 8 bridgehead atoms. The molecule has 0 aromatic rings. The third-order valence-corrected chi connectivity index (χ3v) is 16.0. The Hall–Kier alpha value is -2.16. The van der Waals surface area contributed by atoms with Crippen molar-refractivity contribution >= 4 is 23.9 Å². The van der Waals surface area contributed by atoms with Crippen molar-refractivity contribution in [3.05, 3.63) is 0 Å². The SMILES string of the molecule is C.C.C.C.C.C.CCC(CC(CC(C)C(=O)OC1(C)CC(=O)OC1(C)C)C(=O)OC12CC3CC(CC(O)(C3)C1)C2)C(=O)OC(CC)(CC)C12CC3CC(CC(C3)C1)C2. The average Bonchev–Trinajstić information content (AvgIpc) is 3.23. The van der Waals surface area contributed by atoms with Crippen molar-refractivity contribution in [2.24, 2.45) is 52.8 Å². The number of aliphatic hydroxyl groups is 1. The van der Waals surface area contributed by atoms with Crippen molar-refractivity contribution in [3.8, 4) is 0 Å². The first-order valence-corrected chi connectivity index (χ1v) is 21.0. The normalized spacial score (nSPS) is 37.0. The molecule has 1 aliphatic heterocycles. The number of carbonyl (C=O) groups is 4. The Morgan fingerprint density at radius 1 is 0.707 bits per heavy atom. The molecule has 6 unspecified atom stereocenters. The summed E-state index contributed by atoms with van der Waals surface area (Å²) in [7, 11) is 0. The fraction of sp³-hybridized carbons (Fsp3) is 0.918. The van der Waals surface area contributed by atoms with Crippen molar-refractivity contribution in [1.29, 1.82) is 0 Å². The molecule has 9 heteroatoms. The topological polar surface area (TPSA) is 125 Å². The Labute approximate surface area is 355 Å². The smallest absolute Gasteiger partial charge is 0.310 e. The fourth-order valence-electron chi connectivity index (χ4n) is 13.7. The second kappa shape index (κ2) is 18.8. The quantitative estimate of drug-likeness (QED) is 0.135. The van der Waals surface area contributed by atoms with E-state index in [0.717, 1.165) is 82.0 Å². The van der Waals surface area contributed by atoms with Crippen LogP contribution in [0.25, 0.3) is 0 Å². The Morgan fingerprint density at radius 3 is 1.64 bits per heavy atom. The Bertz CT molecular complexity index is 1380. The molecule has 1 heterocycles. The van der Waals surface area contributed by atoms with Gasteiger partial charge in [-0.25, -0.2) is 0 Å². The van der Waals surface area contributed by atoms with Crippen LogP contribution >= 0.6 is 0 Å². The van der Waals surface area contributed by atoms with E-state index < -0.39 is 63.7 Å². The minimum atomic E-state index is -1.14. The van der Waals surface area contributed by atoms with E-state index >= 15 is 0 Å². The second-order valence-corrected chi connectivity index (χ2v) is 20.1. The van der Waals surface area contributed by atoms with Gasteiger partial charge in [0.25, 0.3) is 0 Å². The maximum absolute atomic E-state index is 14.5. The van der Waals surface area contributed by atoms with Gasteiger partial charge < -0.3 is 24.1 Å². The zero-order valence-electron chi connectivity index (χ0n) is 33.1. The molecule has 1 N–H and O–H groups in total. The van der Waals surface area contributed by atoms with Gasteiger partial charge in [-0.1, -0.05) is 72.3 Å². The van der Waals surface area contributed by atoms with Crippen molar-refractivity contribution in [2.75, 3.05) is 0 Å². The van der Waals surface area contributed by atoms with Crippen LogP contribution < -0.4 is 0 Å². The summed E-state index contributed by atoms with van der Waals surface area (Å²) in [4.78, 5) is 54.9. The molecule has 9 nitrogen and oxygen atoms in total. The number of hydrogen-bond acceptors (Lipinski definition) is 9. The lowest BCUT2D eigenvalue weighted by Gasteiger charge is -2.63. The zero-order chi connectivity index (χ0) is 37.5. The van der Waals surface area contributed by atoms with Crippen LogP contribution in [0, 0.1) is 52.8 Å². The van der Waals surface area contributed by atoms with Gasteiger partial charge in [0, 0.05) is 11.8 Å². The van der Waals surface area contributed by atoms with E-state index in [1.807, 2.05) is 6.92 Å². The van der Waals surface area contributed by atoms with Gasteiger partial charge in [-0.3, -0.25) is 19.2 Å². The summed E-state index contributed by atoms with van der Waals surface area (Å²) in [5, 5.41) is 11.4. The molecule has 340 valence electrons. The fourth-order valence-corrected chi connectivity index (χ4v) is 13.7. The summed E-state index contributed by atoms with van der Waals surface area (Å²) >= 11 is 0. The molecule has 0 aromatic carbocycles. The van der Waals surface area contributed by atoms with Crippen LogP contribution in [0.4, 0.5) is 0 Å². The molecule has 6 atom stereocenters. The first-order valence-electron chi connectivity index (χ1n) is 21.0. The van der Waals surface area contributed by atoms with Crippen LogP contribution in [-0.2, 0) is 38.1 Å². The Morgan fingerprint density at radius 2 is 1.21 bits per heavy atom. The van der Waals surface area contributed by atoms with Gasteiger partial charge in [-0.15, -0.1) is 0 Å². The summed E-state index contributed by atoms with van der Waals surface area (Å²) in [6.07, 6.45) is 14.3. The number of cyclic esters (lactones) is 1. The molecule has 1 saturated heterocycles. The number of ether oxygens (including phenoxy) is 4. The molecular weight excluding hydrogens is 733 g/mol. The number of esters is 4. The largest absolute Gasteiger partial charge is 0.459 e. The average molecular weight is 823 g/mol. The highest BCUT2D eigenvalue weighted by Crippen LogP contribution is 2.66. The van der Waals surface area contributed by atoms with Crippen LogP contribution in [0.15, 0.2) is 0 Å². The minimum Gasteiger partial charge on any atom is -0.459 e. The van der Waals surface area contributed by atoms with E-state index in [0.29, 0.717) is 24.7 Å². The molecule has 9 aliphatic rings. The molecule has 0 amide bonds. The third kappa shape index (κ3) is 9.49. The lowest BCUT2D eigenvalue weighted by Crippen LogP contribution is -2.60. The van der Waals surface area contributed by atoms with E-state index in [1.54, 1.807) is 27.7 Å². The summed E-state index contributed by atoms with van der Waals surface area (Å²) in [5.41, 5.74) is -4.15. The minimum absolute atomic E-state index is 0. The summed E-state index contributed by atoms with van der Waals surface area (Å²) in [6.45, 7) is 13.3. The van der Waals surface area contributed by atoms with Crippen LogP contribution in [-0.4, -0.2) is 57.0 Å². The number of rotatable bonds is 14. The van der Waals surface area contributed by atoms with Crippen LogP contribution in [0.5, 0.6) is 0 Å². The highest BCUT2D eigenvalue weighted by atomic mass is 16.6. The molecule has 0 radical (unpaired) electrons. The third-order valence-electron chi connectivity index (χ3n) is 16.0. The maximum Gasteiger partial charge on any atom is 0.310 e. The lowest BCUT2D eigenvalue weighted by molar-refractivity contribution is -0.223. The van der Waals surface area contributed by atoms with Gasteiger partial charge in [0.15, 0.2) is 5.60 Å². The van der Waals surface area contributed by atoms with E-state index in [-0.39, 0.29) is 75.2 Å². The van der Waals surface area contributed by atoms with E-state index in [9.17, 15) is 24.3 Å². The standard InChI is InChI=1S/C43H66O9.6CH4/c1-8-32(36(46)52-43(9-2,10-3)40-17-27-12-28(18-40)14-29(13-27)19-40)16-33(11-26(4)35(45)50-39(7)24-34(44)49-38(39,5)6)37(47)51-42-22-30-15-31(23-42)21-41(48,20-30)25-42;;;;;;/h26-33,48H,8-25H2,1-7H3;6*1H4. The molecule has 8 aliphatic carbocycles. The molecule has 9 rings (SSSR count). The maximum atomic E-state index is 14.5. The van der Waals surface area contributed by atoms with Gasteiger partial charge in [-0.05, 0) is 153 Å². The summed E-state index contributed by atoms with van der Waals surface area (Å²) in [6, 6.07) is 0. The summed E-state index contributed by atoms with van der Waals surface area (Å²) < 4.78 is 24.8. The zero-order valence-corrected chi connectivity index (χ0v) is 33.1. The Kier molecular flexibility index (Phi) is 17.5. The van der Waals surface area contributed by atoms with E-state index in [4.69, 9.17) is 18.9 Å². The molecule has 8 saturated carbocycles. The van der Waals surface area contributed by atoms with Crippen molar-refractivity contribution < 1.29 is 43.2 Å². The van der Waals surface area contributed by atoms with Crippen LogP contribution in [0.3, 0.4) is 0 Å². The van der Waals surface area contributed by atoms with E-state index in [1.165, 1.54) is 19.3 Å². The highest BCUT2D eigenvalue weighted by molar-refractivity contribution is 5.80. The van der Waals surface area contributed by atoms with Crippen LogP contribution in [0.2, 0.25) is 0 Å². The molecule has 58 heavy (non-hydrogen) atoms. The first-order chi connectivity index (χ1) is 24.4. The van der Waals surface area contributed by atoms with Gasteiger partial charge in [0.05, 0.1) is 29.8 Å². The number of hydrogen-bond donors (Lipinski definition) is 1. The monoisotopic (exact) mass is 823 g/mol. The number of carbonyl (C=O) groups excluding carboxylic acids is 4. The predicted octanol–water partition coefficient (Wildman–Crippen LogP) is 11.8. The lowest BCUT2D eigenvalue weighted by atomic mass is 9.44. The van der Waals surface area contributed by atoms with Crippen molar-refractivity contribution in [3.63, 3.8) is 0 Å². The highest BCUT2D eigenvalue weighted by Gasteiger charge is 2.62. The molecule has 0 spiro atoms. The van der Waals surface area contributed by atoms with E-state index in [2.05, 4.69) is 13.8 Å². The Balaban J connectivity index is 0.00000280. The van der Waals surface area contributed by atoms with Gasteiger partial charge in [-0.2, -0.15) is 0 Å². The molecular formula is C49H90O9. The molecule has 9 fully saturated rings. The molecule has 0 aromatic heterocycles. The van der Waals surface area contributed by atoms with Gasteiger partial charge in [0.1, 0.15) is 16.8 Å². The van der Waals surface area contributed by atoms with Gasteiger partial charge in [0.2, 0.25) is 0 Å². The van der Waals surface area contributed by atoms with Gasteiger partial charge >= 0.3 is 23.9 Å². The second-order valence-electron chi connectivity index (χ2n) is 20.1. The predicted molar refractivity (Wildman–Crippen MR) is 234 cm³/mol. The summed E-state index contributed by atoms with van der Waals surface area (Å²) in [5.74, 6) is -0.686. The van der Waals surface area contributed by atoms with Crippen LogP contribution in [0.1, 0.15) is 209 Å². The van der Waals surface area contributed by atoms with Crippen molar-refractivity contribution in [1.82, 2.24) is 0 Å².